The lowest BCUT2D eigenvalue weighted by Crippen LogP contribution is -2.19. The summed E-state index contributed by atoms with van der Waals surface area (Å²) in [4.78, 5) is 0.148. The Balaban J connectivity index is 2.71. The molecule has 0 saturated heterocycles. The molecular formula is C12H18O4S. The van der Waals surface area contributed by atoms with Gasteiger partial charge in [-0.2, -0.15) is 8.42 Å². The summed E-state index contributed by atoms with van der Waals surface area (Å²) in [6.45, 7) is 5.89. The third kappa shape index (κ3) is 4.46. The molecule has 0 aliphatic carbocycles. The summed E-state index contributed by atoms with van der Waals surface area (Å²) >= 11 is 0. The van der Waals surface area contributed by atoms with Crippen LogP contribution < -0.4 is 0 Å². The lowest BCUT2D eigenvalue weighted by molar-refractivity contribution is -0.0623. The first kappa shape index (κ1) is 14.2. The van der Waals surface area contributed by atoms with Crippen molar-refractivity contribution in [3.63, 3.8) is 0 Å². The van der Waals surface area contributed by atoms with Crippen LogP contribution >= 0.6 is 0 Å². The number of hydrogen-bond donors (Lipinski definition) is 0. The van der Waals surface area contributed by atoms with Gasteiger partial charge in [-0.1, -0.05) is 24.6 Å². The summed E-state index contributed by atoms with van der Waals surface area (Å²) in [5.41, 5.74) is 0.999. The smallest absolute Gasteiger partial charge is 0.299 e. The SMILES string of the molecule is CCCOC(C)OS(=O)(=O)c1ccc(C)cc1. The van der Waals surface area contributed by atoms with E-state index < -0.39 is 16.4 Å². The quantitative estimate of drug-likeness (QED) is 0.581. The Kier molecular flexibility index (Phi) is 5.11. The molecule has 0 saturated carbocycles. The molecule has 0 spiro atoms. The highest BCUT2D eigenvalue weighted by Crippen LogP contribution is 2.15. The third-order valence-electron chi connectivity index (χ3n) is 2.13. The number of ether oxygens (including phenoxy) is 1. The highest BCUT2D eigenvalue weighted by atomic mass is 32.2. The van der Waals surface area contributed by atoms with Crippen molar-refractivity contribution in [2.45, 2.75) is 38.4 Å². The normalized spacial score (nSPS) is 13.6. The molecule has 5 heteroatoms. The standard InChI is InChI=1S/C12H18O4S/c1-4-9-15-11(3)16-17(13,14)12-7-5-10(2)6-8-12/h5-8,11H,4,9H2,1-3H3. The lowest BCUT2D eigenvalue weighted by Gasteiger charge is -2.13. The van der Waals surface area contributed by atoms with Crippen LogP contribution in [0.5, 0.6) is 0 Å². The molecule has 17 heavy (non-hydrogen) atoms. The van der Waals surface area contributed by atoms with E-state index in [9.17, 15) is 8.42 Å². The van der Waals surface area contributed by atoms with Crippen molar-refractivity contribution in [1.82, 2.24) is 0 Å². The van der Waals surface area contributed by atoms with Gasteiger partial charge in [-0.05, 0) is 32.4 Å². The largest absolute Gasteiger partial charge is 0.352 e. The maximum absolute atomic E-state index is 11.8. The van der Waals surface area contributed by atoms with E-state index in [1.165, 1.54) is 12.1 Å². The minimum atomic E-state index is -3.73. The first-order chi connectivity index (χ1) is 7.95. The molecule has 0 aliphatic rings. The van der Waals surface area contributed by atoms with E-state index in [1.54, 1.807) is 19.1 Å². The Labute approximate surface area is 103 Å². The van der Waals surface area contributed by atoms with Crippen LogP contribution in [0.1, 0.15) is 25.8 Å². The fourth-order valence-corrected chi connectivity index (χ4v) is 2.24. The van der Waals surface area contributed by atoms with Gasteiger partial charge in [0.1, 0.15) is 0 Å². The first-order valence-corrected chi connectivity index (χ1v) is 6.98. The molecule has 0 aromatic heterocycles. The van der Waals surface area contributed by atoms with E-state index in [-0.39, 0.29) is 4.90 Å². The molecular weight excluding hydrogens is 240 g/mol. The van der Waals surface area contributed by atoms with E-state index in [1.807, 2.05) is 13.8 Å². The summed E-state index contributed by atoms with van der Waals surface area (Å²) in [6, 6.07) is 6.51. The Morgan fingerprint density at radius 1 is 1.24 bits per heavy atom. The highest BCUT2D eigenvalue weighted by Gasteiger charge is 2.18. The van der Waals surface area contributed by atoms with Gasteiger partial charge >= 0.3 is 0 Å². The Morgan fingerprint density at radius 2 is 1.82 bits per heavy atom. The molecule has 0 amide bonds. The molecule has 1 rings (SSSR count). The van der Waals surface area contributed by atoms with Gasteiger partial charge in [0.2, 0.25) is 0 Å². The van der Waals surface area contributed by atoms with E-state index in [2.05, 4.69) is 0 Å². The van der Waals surface area contributed by atoms with Crippen molar-refractivity contribution in [2.75, 3.05) is 6.61 Å². The van der Waals surface area contributed by atoms with Crippen molar-refractivity contribution < 1.29 is 17.3 Å². The second kappa shape index (κ2) is 6.14. The van der Waals surface area contributed by atoms with Crippen LogP contribution in [-0.4, -0.2) is 21.3 Å². The van der Waals surface area contributed by atoms with Crippen LogP contribution in [0, 0.1) is 6.92 Å². The minimum absolute atomic E-state index is 0.148. The van der Waals surface area contributed by atoms with E-state index >= 15 is 0 Å². The fourth-order valence-electron chi connectivity index (χ4n) is 1.25. The Bertz CT molecular complexity index is 436. The molecule has 0 heterocycles. The second-order valence-electron chi connectivity index (χ2n) is 3.80. The van der Waals surface area contributed by atoms with Crippen molar-refractivity contribution >= 4 is 10.1 Å². The highest BCUT2D eigenvalue weighted by molar-refractivity contribution is 7.86. The monoisotopic (exact) mass is 258 g/mol. The summed E-state index contributed by atoms with van der Waals surface area (Å²) in [5, 5.41) is 0. The van der Waals surface area contributed by atoms with Gasteiger partial charge in [0.05, 0.1) is 4.90 Å². The molecule has 0 fully saturated rings. The molecule has 1 atom stereocenters. The van der Waals surface area contributed by atoms with Gasteiger partial charge in [-0.25, -0.2) is 4.18 Å². The summed E-state index contributed by atoms with van der Waals surface area (Å²) in [7, 11) is -3.73. The van der Waals surface area contributed by atoms with Gasteiger partial charge in [0.15, 0.2) is 6.29 Å². The van der Waals surface area contributed by atoms with Crippen molar-refractivity contribution in [2.24, 2.45) is 0 Å². The zero-order valence-corrected chi connectivity index (χ0v) is 11.2. The van der Waals surface area contributed by atoms with Crippen LogP contribution in [0.2, 0.25) is 0 Å². The van der Waals surface area contributed by atoms with Gasteiger partial charge in [0, 0.05) is 6.61 Å². The van der Waals surface area contributed by atoms with Crippen molar-refractivity contribution in [3.8, 4) is 0 Å². The Hall–Kier alpha value is -0.910. The van der Waals surface area contributed by atoms with Crippen LogP contribution in [0.4, 0.5) is 0 Å². The maximum atomic E-state index is 11.8. The predicted octanol–water partition coefficient (Wildman–Crippen LogP) is 2.47. The Morgan fingerprint density at radius 3 is 2.35 bits per heavy atom. The molecule has 1 unspecified atom stereocenters. The van der Waals surface area contributed by atoms with Crippen molar-refractivity contribution in [3.05, 3.63) is 29.8 Å². The molecule has 4 nitrogen and oxygen atoms in total. The number of benzene rings is 1. The molecule has 96 valence electrons. The lowest BCUT2D eigenvalue weighted by atomic mass is 10.2. The topological polar surface area (TPSA) is 52.6 Å². The van der Waals surface area contributed by atoms with E-state index in [0.29, 0.717) is 6.61 Å². The van der Waals surface area contributed by atoms with Gasteiger partial charge < -0.3 is 4.74 Å². The molecule has 1 aromatic carbocycles. The average Bonchev–Trinajstić information content (AvgIpc) is 2.26. The first-order valence-electron chi connectivity index (χ1n) is 5.57. The van der Waals surface area contributed by atoms with E-state index in [4.69, 9.17) is 8.92 Å². The number of rotatable bonds is 6. The summed E-state index contributed by atoms with van der Waals surface area (Å²) in [6.07, 6.45) is 0.0550. The van der Waals surface area contributed by atoms with Crippen LogP contribution in [0.3, 0.4) is 0 Å². The summed E-state index contributed by atoms with van der Waals surface area (Å²) in [5.74, 6) is 0. The van der Waals surface area contributed by atoms with Crippen LogP contribution in [-0.2, 0) is 19.0 Å². The average molecular weight is 258 g/mol. The maximum Gasteiger partial charge on any atom is 0.299 e. The zero-order chi connectivity index (χ0) is 12.9. The predicted molar refractivity (Wildman–Crippen MR) is 65.2 cm³/mol. The van der Waals surface area contributed by atoms with Crippen molar-refractivity contribution in [1.29, 1.82) is 0 Å². The summed E-state index contributed by atoms with van der Waals surface area (Å²) < 4.78 is 33.7. The molecule has 0 aliphatic heterocycles. The zero-order valence-electron chi connectivity index (χ0n) is 10.3. The van der Waals surface area contributed by atoms with E-state index in [0.717, 1.165) is 12.0 Å². The molecule has 0 N–H and O–H groups in total. The van der Waals surface area contributed by atoms with Gasteiger partial charge in [-0.15, -0.1) is 0 Å². The van der Waals surface area contributed by atoms with Gasteiger partial charge in [-0.3, -0.25) is 0 Å². The molecule has 1 aromatic rings. The van der Waals surface area contributed by atoms with Gasteiger partial charge in [0.25, 0.3) is 10.1 Å². The minimum Gasteiger partial charge on any atom is -0.352 e. The number of aryl methyl sites for hydroxylation is 1. The van der Waals surface area contributed by atoms with Crippen LogP contribution in [0.25, 0.3) is 0 Å². The molecule has 0 bridgehead atoms. The third-order valence-corrected chi connectivity index (χ3v) is 3.50. The molecule has 0 radical (unpaired) electrons. The second-order valence-corrected chi connectivity index (χ2v) is 5.37. The van der Waals surface area contributed by atoms with Crippen LogP contribution in [0.15, 0.2) is 29.2 Å². The fraction of sp³-hybridized carbons (Fsp3) is 0.500. The number of hydrogen-bond acceptors (Lipinski definition) is 4.